The predicted molar refractivity (Wildman–Crippen MR) is 79.7 cm³/mol. The van der Waals surface area contributed by atoms with E-state index in [2.05, 4.69) is 0 Å². The maximum absolute atomic E-state index is 11.8. The highest BCUT2D eigenvalue weighted by Gasteiger charge is 2.17. The average molecular weight is 304 g/mol. The summed E-state index contributed by atoms with van der Waals surface area (Å²) in [6.07, 6.45) is 0. The Morgan fingerprint density at radius 1 is 0.909 bits per heavy atom. The molecular formula is C16H16O6. The van der Waals surface area contributed by atoms with Crippen molar-refractivity contribution in [1.29, 1.82) is 0 Å². The fraction of sp³-hybridized carbons (Fsp3) is 0.250. The second kappa shape index (κ2) is 6.34. The summed E-state index contributed by atoms with van der Waals surface area (Å²) in [7, 11) is 4.29. The van der Waals surface area contributed by atoms with Gasteiger partial charge in [0.25, 0.3) is 0 Å². The van der Waals surface area contributed by atoms with Crippen LogP contribution in [0.5, 0.6) is 17.2 Å². The molecule has 0 aliphatic carbocycles. The molecule has 0 unspecified atom stereocenters. The average Bonchev–Trinajstić information content (AvgIpc) is 2.51. The minimum absolute atomic E-state index is 0.248. The Kier molecular flexibility index (Phi) is 4.50. The monoisotopic (exact) mass is 304 g/mol. The summed E-state index contributed by atoms with van der Waals surface area (Å²) in [6.45, 7) is 1.29. The molecule has 0 saturated heterocycles. The van der Waals surface area contributed by atoms with Gasteiger partial charge < -0.3 is 18.9 Å². The van der Waals surface area contributed by atoms with Crippen molar-refractivity contribution in [2.24, 2.45) is 0 Å². The van der Waals surface area contributed by atoms with Gasteiger partial charge in [-0.2, -0.15) is 0 Å². The molecule has 0 aliphatic heterocycles. The number of methoxy groups -OCH3 is 3. The fourth-order valence-electron chi connectivity index (χ4n) is 2.20. The summed E-state index contributed by atoms with van der Waals surface area (Å²) in [4.78, 5) is 23.1. The maximum atomic E-state index is 11.8. The van der Waals surface area contributed by atoms with Crippen molar-refractivity contribution in [1.82, 2.24) is 0 Å². The molecule has 0 bridgehead atoms. The van der Waals surface area contributed by atoms with Gasteiger partial charge in [0.1, 0.15) is 5.75 Å². The van der Waals surface area contributed by atoms with Crippen molar-refractivity contribution >= 4 is 22.7 Å². The molecular weight excluding hydrogens is 288 g/mol. The molecule has 0 N–H and O–H groups in total. The molecule has 2 rings (SSSR count). The topological polar surface area (TPSA) is 71.1 Å². The van der Waals surface area contributed by atoms with Crippen LogP contribution in [0.25, 0.3) is 10.8 Å². The standard InChI is InChI=1S/C16H16O6/c1-9(17)22-14-8-10(16(18)21-4)7-12-11(14)5-6-13(19-2)15(12)20-3/h5-8H,1-4H3. The van der Waals surface area contributed by atoms with Crippen LogP contribution in [0.4, 0.5) is 0 Å². The summed E-state index contributed by atoms with van der Waals surface area (Å²) in [5.74, 6) is 0.176. The predicted octanol–water partition coefficient (Wildman–Crippen LogP) is 2.57. The number of carbonyl (C=O) groups excluding carboxylic acids is 2. The van der Waals surface area contributed by atoms with E-state index in [1.165, 1.54) is 34.3 Å². The highest BCUT2D eigenvalue weighted by molar-refractivity contribution is 6.02. The van der Waals surface area contributed by atoms with Crippen LogP contribution >= 0.6 is 0 Å². The van der Waals surface area contributed by atoms with Gasteiger partial charge in [0.05, 0.1) is 26.9 Å². The molecule has 22 heavy (non-hydrogen) atoms. The van der Waals surface area contributed by atoms with E-state index in [1.807, 2.05) is 0 Å². The second-order valence-corrected chi connectivity index (χ2v) is 4.46. The van der Waals surface area contributed by atoms with Crippen LogP contribution in [0.15, 0.2) is 24.3 Å². The van der Waals surface area contributed by atoms with E-state index in [0.29, 0.717) is 22.3 Å². The molecule has 116 valence electrons. The Morgan fingerprint density at radius 2 is 1.64 bits per heavy atom. The van der Waals surface area contributed by atoms with Gasteiger partial charge in [0.15, 0.2) is 11.5 Å². The Balaban J connectivity index is 2.81. The van der Waals surface area contributed by atoms with E-state index in [-0.39, 0.29) is 11.3 Å². The van der Waals surface area contributed by atoms with Gasteiger partial charge in [-0.3, -0.25) is 4.79 Å². The van der Waals surface area contributed by atoms with Crippen molar-refractivity contribution in [2.75, 3.05) is 21.3 Å². The fourth-order valence-corrected chi connectivity index (χ4v) is 2.20. The molecule has 0 heterocycles. The maximum Gasteiger partial charge on any atom is 0.338 e. The van der Waals surface area contributed by atoms with Gasteiger partial charge in [-0.05, 0) is 24.3 Å². The molecule has 0 fully saturated rings. The van der Waals surface area contributed by atoms with E-state index < -0.39 is 11.9 Å². The number of carbonyl (C=O) groups is 2. The van der Waals surface area contributed by atoms with Crippen LogP contribution in [-0.2, 0) is 9.53 Å². The first-order chi connectivity index (χ1) is 10.5. The van der Waals surface area contributed by atoms with E-state index in [1.54, 1.807) is 18.2 Å². The Labute approximate surface area is 127 Å². The number of rotatable bonds is 4. The van der Waals surface area contributed by atoms with E-state index >= 15 is 0 Å². The van der Waals surface area contributed by atoms with Gasteiger partial charge in [-0.15, -0.1) is 0 Å². The lowest BCUT2D eigenvalue weighted by Crippen LogP contribution is -2.06. The highest BCUT2D eigenvalue weighted by Crippen LogP contribution is 2.40. The molecule has 6 heteroatoms. The minimum Gasteiger partial charge on any atom is -0.493 e. The third kappa shape index (κ3) is 2.81. The van der Waals surface area contributed by atoms with Crippen LogP contribution in [0, 0.1) is 0 Å². The number of benzene rings is 2. The lowest BCUT2D eigenvalue weighted by molar-refractivity contribution is -0.131. The van der Waals surface area contributed by atoms with Crippen molar-refractivity contribution in [2.45, 2.75) is 6.92 Å². The Morgan fingerprint density at radius 3 is 2.18 bits per heavy atom. The molecule has 0 aliphatic rings. The molecule has 0 atom stereocenters. The highest BCUT2D eigenvalue weighted by atomic mass is 16.5. The van der Waals surface area contributed by atoms with E-state index in [9.17, 15) is 9.59 Å². The first-order valence-corrected chi connectivity index (χ1v) is 6.47. The zero-order chi connectivity index (χ0) is 16.3. The first kappa shape index (κ1) is 15.6. The molecule has 2 aromatic carbocycles. The Bertz CT molecular complexity index is 735. The van der Waals surface area contributed by atoms with Crippen LogP contribution in [0.2, 0.25) is 0 Å². The number of hydrogen-bond acceptors (Lipinski definition) is 6. The Hall–Kier alpha value is -2.76. The lowest BCUT2D eigenvalue weighted by Gasteiger charge is -2.14. The van der Waals surface area contributed by atoms with E-state index in [0.717, 1.165) is 0 Å². The number of esters is 2. The largest absolute Gasteiger partial charge is 0.493 e. The smallest absolute Gasteiger partial charge is 0.338 e. The molecule has 0 spiro atoms. The van der Waals surface area contributed by atoms with E-state index in [4.69, 9.17) is 18.9 Å². The third-order valence-electron chi connectivity index (χ3n) is 3.11. The van der Waals surface area contributed by atoms with Crippen molar-refractivity contribution in [3.8, 4) is 17.2 Å². The lowest BCUT2D eigenvalue weighted by atomic mass is 10.0. The zero-order valence-electron chi connectivity index (χ0n) is 12.8. The van der Waals surface area contributed by atoms with Gasteiger partial charge in [0, 0.05) is 17.7 Å². The summed E-state index contributed by atoms with van der Waals surface area (Å²) >= 11 is 0. The quantitative estimate of drug-likeness (QED) is 0.638. The summed E-state index contributed by atoms with van der Waals surface area (Å²) in [5, 5.41) is 1.21. The number of fused-ring (bicyclic) bond motifs is 1. The van der Waals surface area contributed by atoms with Crippen molar-refractivity contribution in [3.05, 3.63) is 29.8 Å². The number of ether oxygens (including phenoxy) is 4. The molecule has 2 aromatic rings. The van der Waals surface area contributed by atoms with Gasteiger partial charge in [-0.1, -0.05) is 0 Å². The molecule has 0 aromatic heterocycles. The zero-order valence-corrected chi connectivity index (χ0v) is 12.8. The van der Waals surface area contributed by atoms with Gasteiger partial charge in [0.2, 0.25) is 0 Å². The summed E-state index contributed by atoms with van der Waals surface area (Å²) < 4.78 is 20.5. The molecule has 6 nitrogen and oxygen atoms in total. The van der Waals surface area contributed by atoms with Crippen molar-refractivity contribution in [3.63, 3.8) is 0 Å². The van der Waals surface area contributed by atoms with Crippen LogP contribution in [-0.4, -0.2) is 33.3 Å². The van der Waals surface area contributed by atoms with Crippen LogP contribution in [0.3, 0.4) is 0 Å². The third-order valence-corrected chi connectivity index (χ3v) is 3.11. The van der Waals surface area contributed by atoms with Crippen LogP contribution in [0.1, 0.15) is 17.3 Å². The van der Waals surface area contributed by atoms with Gasteiger partial charge in [-0.25, -0.2) is 4.79 Å². The first-order valence-electron chi connectivity index (χ1n) is 6.47. The van der Waals surface area contributed by atoms with Crippen molar-refractivity contribution < 1.29 is 28.5 Å². The van der Waals surface area contributed by atoms with Crippen LogP contribution < -0.4 is 14.2 Å². The summed E-state index contributed by atoms with van der Waals surface area (Å²) in [6, 6.07) is 6.50. The molecule has 0 radical (unpaired) electrons. The summed E-state index contributed by atoms with van der Waals surface area (Å²) in [5.41, 5.74) is 0.248. The second-order valence-electron chi connectivity index (χ2n) is 4.46. The normalized spacial score (nSPS) is 10.2. The molecule has 0 amide bonds. The number of hydrogen-bond donors (Lipinski definition) is 0. The SMILES string of the molecule is COC(=O)c1cc(OC(C)=O)c2ccc(OC)c(OC)c2c1. The van der Waals surface area contributed by atoms with Gasteiger partial charge >= 0.3 is 11.9 Å². The minimum atomic E-state index is -0.542. The molecule has 0 saturated carbocycles.